The highest BCUT2D eigenvalue weighted by Gasteiger charge is 2.29. The molecule has 19 heavy (non-hydrogen) atoms. The van der Waals surface area contributed by atoms with Crippen molar-refractivity contribution in [3.63, 3.8) is 0 Å². The summed E-state index contributed by atoms with van der Waals surface area (Å²) in [6.45, 7) is 0.841. The molecule has 2 heterocycles. The third kappa shape index (κ3) is 2.15. The molecule has 0 spiro atoms. The Labute approximate surface area is 110 Å². The van der Waals surface area contributed by atoms with Crippen LogP contribution in [-0.4, -0.2) is 30.4 Å². The lowest BCUT2D eigenvalue weighted by Crippen LogP contribution is -2.44. The second kappa shape index (κ2) is 4.69. The van der Waals surface area contributed by atoms with Gasteiger partial charge in [0, 0.05) is 6.42 Å². The van der Waals surface area contributed by atoms with E-state index in [-0.39, 0.29) is 6.79 Å². The summed E-state index contributed by atoms with van der Waals surface area (Å²) in [5.74, 6) is 1.36. The second-order valence-corrected chi connectivity index (χ2v) is 4.36. The van der Waals surface area contributed by atoms with Gasteiger partial charge >= 0.3 is 6.09 Å². The number of hydrogen-bond donors (Lipinski definition) is 0. The van der Waals surface area contributed by atoms with E-state index in [4.69, 9.17) is 19.5 Å². The average molecular weight is 260 g/mol. The quantitative estimate of drug-likeness (QED) is 0.808. The highest BCUT2D eigenvalue weighted by atomic mass is 16.7. The molecule has 1 unspecified atom stereocenters. The Kier molecular flexibility index (Phi) is 2.88. The molecule has 0 N–H and O–H groups in total. The number of carbonyl (C=O) groups excluding carboxylic acids is 1. The summed E-state index contributed by atoms with van der Waals surface area (Å²) in [5, 5.41) is 9.07. The minimum atomic E-state index is -0.449. The maximum absolute atomic E-state index is 11.7. The van der Waals surface area contributed by atoms with Crippen LogP contribution in [0.2, 0.25) is 0 Å². The molecule has 0 radical (unpaired) electrons. The molecule has 1 fully saturated rings. The molecule has 1 aromatic carbocycles. The zero-order valence-corrected chi connectivity index (χ0v) is 10.2. The second-order valence-electron chi connectivity index (χ2n) is 4.36. The molecular weight excluding hydrogens is 248 g/mol. The Bertz CT molecular complexity index is 552. The Morgan fingerprint density at radius 1 is 1.32 bits per heavy atom. The van der Waals surface area contributed by atoms with E-state index >= 15 is 0 Å². The van der Waals surface area contributed by atoms with E-state index in [2.05, 4.69) is 6.07 Å². The van der Waals surface area contributed by atoms with Crippen molar-refractivity contribution in [3.05, 3.63) is 23.8 Å². The van der Waals surface area contributed by atoms with Crippen LogP contribution in [0.1, 0.15) is 12.0 Å². The third-order valence-corrected chi connectivity index (χ3v) is 3.17. The molecule has 0 bridgehead atoms. The summed E-state index contributed by atoms with van der Waals surface area (Å²) < 4.78 is 15.5. The largest absolute Gasteiger partial charge is 0.454 e. The first kappa shape index (κ1) is 11.7. The molecule has 6 nitrogen and oxygen atoms in total. The van der Waals surface area contributed by atoms with Crippen LogP contribution in [0.3, 0.4) is 0 Å². The van der Waals surface area contributed by atoms with Crippen molar-refractivity contribution >= 4 is 6.09 Å². The Balaban J connectivity index is 1.80. The van der Waals surface area contributed by atoms with Gasteiger partial charge < -0.3 is 14.2 Å². The lowest BCUT2D eigenvalue weighted by molar-refractivity contribution is 0.0545. The van der Waals surface area contributed by atoms with Crippen LogP contribution in [0.5, 0.6) is 11.5 Å². The summed E-state index contributed by atoms with van der Waals surface area (Å²) in [5.41, 5.74) is 0.878. The Morgan fingerprint density at radius 2 is 2.16 bits per heavy atom. The molecule has 1 atom stereocenters. The maximum Gasteiger partial charge on any atom is 0.411 e. The average Bonchev–Trinajstić information content (AvgIpc) is 2.88. The molecule has 1 amide bonds. The number of amides is 1. The number of hydrogen-bond acceptors (Lipinski definition) is 5. The van der Waals surface area contributed by atoms with Crippen molar-refractivity contribution in [3.8, 4) is 17.6 Å². The van der Waals surface area contributed by atoms with E-state index in [1.807, 2.05) is 12.1 Å². The summed E-state index contributed by atoms with van der Waals surface area (Å²) in [4.78, 5) is 13.1. The number of rotatable bonds is 2. The van der Waals surface area contributed by atoms with Gasteiger partial charge in [-0.05, 0) is 17.7 Å². The molecule has 0 aliphatic carbocycles. The highest BCUT2D eigenvalue weighted by molar-refractivity contribution is 5.69. The van der Waals surface area contributed by atoms with Crippen LogP contribution in [0.25, 0.3) is 0 Å². The maximum atomic E-state index is 11.7. The molecule has 1 aromatic rings. The minimum Gasteiger partial charge on any atom is -0.454 e. The van der Waals surface area contributed by atoms with Crippen LogP contribution in [0.15, 0.2) is 18.2 Å². The van der Waals surface area contributed by atoms with Crippen LogP contribution >= 0.6 is 0 Å². The van der Waals surface area contributed by atoms with Crippen molar-refractivity contribution in [1.29, 1.82) is 5.26 Å². The summed E-state index contributed by atoms with van der Waals surface area (Å²) >= 11 is 0. The van der Waals surface area contributed by atoms with Crippen molar-refractivity contribution in [2.24, 2.45) is 0 Å². The Morgan fingerprint density at radius 3 is 3.00 bits per heavy atom. The molecule has 6 heteroatoms. The van der Waals surface area contributed by atoms with E-state index in [0.717, 1.165) is 5.56 Å². The van der Waals surface area contributed by atoms with Gasteiger partial charge in [-0.15, -0.1) is 0 Å². The molecular formula is C13H12N2O4. The van der Waals surface area contributed by atoms with Crippen molar-refractivity contribution in [2.45, 2.75) is 19.0 Å². The number of nitrogens with zero attached hydrogens (tertiary/aromatic N) is 2. The van der Waals surface area contributed by atoms with E-state index in [1.54, 1.807) is 6.07 Å². The standard InChI is InChI=1S/C13H12N2O4/c14-6-10-3-4-17-13(16)15(10)7-9-1-2-11-12(5-9)19-8-18-11/h1-2,5,10H,3-4,7-8H2. The molecule has 2 aliphatic heterocycles. The first-order valence-corrected chi connectivity index (χ1v) is 5.99. The van der Waals surface area contributed by atoms with Gasteiger partial charge in [0.05, 0.1) is 19.2 Å². The van der Waals surface area contributed by atoms with Gasteiger partial charge in [-0.3, -0.25) is 4.90 Å². The predicted molar refractivity (Wildman–Crippen MR) is 63.5 cm³/mol. The monoisotopic (exact) mass is 260 g/mol. The van der Waals surface area contributed by atoms with Gasteiger partial charge in [0.25, 0.3) is 0 Å². The zero-order chi connectivity index (χ0) is 13.2. The SMILES string of the molecule is N#CC1CCOC(=O)N1Cc1ccc2c(c1)OCO2. The number of ether oxygens (including phenoxy) is 3. The molecule has 0 aromatic heterocycles. The Hall–Kier alpha value is -2.42. The molecule has 0 saturated carbocycles. The van der Waals surface area contributed by atoms with E-state index < -0.39 is 12.1 Å². The van der Waals surface area contributed by atoms with Crippen LogP contribution in [-0.2, 0) is 11.3 Å². The van der Waals surface area contributed by atoms with Crippen LogP contribution < -0.4 is 9.47 Å². The van der Waals surface area contributed by atoms with Gasteiger partial charge in [0.15, 0.2) is 11.5 Å². The lowest BCUT2D eigenvalue weighted by atomic mass is 10.1. The number of cyclic esters (lactones) is 1. The lowest BCUT2D eigenvalue weighted by Gasteiger charge is -2.30. The fourth-order valence-electron chi connectivity index (χ4n) is 2.17. The number of nitriles is 1. The zero-order valence-electron chi connectivity index (χ0n) is 10.2. The van der Waals surface area contributed by atoms with Gasteiger partial charge in [-0.1, -0.05) is 6.07 Å². The summed E-state index contributed by atoms with van der Waals surface area (Å²) in [7, 11) is 0. The normalized spacial score (nSPS) is 20.9. The topological polar surface area (TPSA) is 71.8 Å². The fraction of sp³-hybridized carbons (Fsp3) is 0.385. The highest BCUT2D eigenvalue weighted by Crippen LogP contribution is 2.33. The molecule has 98 valence electrons. The van der Waals surface area contributed by atoms with E-state index in [9.17, 15) is 4.79 Å². The first-order valence-electron chi connectivity index (χ1n) is 5.99. The van der Waals surface area contributed by atoms with E-state index in [1.165, 1.54) is 4.90 Å². The predicted octanol–water partition coefficient (Wildman–Crippen LogP) is 1.65. The van der Waals surface area contributed by atoms with Gasteiger partial charge in [-0.25, -0.2) is 4.79 Å². The van der Waals surface area contributed by atoms with Crippen LogP contribution in [0.4, 0.5) is 4.79 Å². The smallest absolute Gasteiger partial charge is 0.411 e. The summed E-state index contributed by atoms with van der Waals surface area (Å²) in [6.07, 6.45) is 0.0859. The number of fused-ring (bicyclic) bond motifs is 1. The van der Waals surface area contributed by atoms with Gasteiger partial charge in [0.2, 0.25) is 6.79 Å². The van der Waals surface area contributed by atoms with Gasteiger partial charge in [0.1, 0.15) is 6.04 Å². The van der Waals surface area contributed by atoms with E-state index in [0.29, 0.717) is 31.1 Å². The number of carbonyl (C=O) groups is 1. The number of benzene rings is 1. The van der Waals surface area contributed by atoms with Crippen molar-refractivity contribution in [1.82, 2.24) is 4.90 Å². The first-order chi connectivity index (χ1) is 9.28. The van der Waals surface area contributed by atoms with Crippen molar-refractivity contribution in [2.75, 3.05) is 13.4 Å². The van der Waals surface area contributed by atoms with Crippen molar-refractivity contribution < 1.29 is 19.0 Å². The molecule has 3 rings (SSSR count). The molecule has 2 aliphatic rings. The van der Waals surface area contributed by atoms with Gasteiger partial charge in [-0.2, -0.15) is 5.26 Å². The third-order valence-electron chi connectivity index (χ3n) is 3.17. The van der Waals surface area contributed by atoms with Crippen LogP contribution in [0, 0.1) is 11.3 Å². The fourth-order valence-corrected chi connectivity index (χ4v) is 2.17. The summed E-state index contributed by atoms with van der Waals surface area (Å²) in [6, 6.07) is 7.16. The minimum absolute atomic E-state index is 0.214. The molecule has 1 saturated heterocycles.